The Labute approximate surface area is 122 Å². The number of anilines is 1. The molecule has 0 aliphatic rings. The normalized spacial score (nSPS) is 11.8. The molecule has 0 aliphatic carbocycles. The predicted molar refractivity (Wildman–Crippen MR) is 82.2 cm³/mol. The zero-order valence-corrected chi connectivity index (χ0v) is 12.2. The molecule has 3 N–H and O–H groups in total. The van der Waals surface area contributed by atoms with Crippen LogP contribution in [0.25, 0.3) is 0 Å². The summed E-state index contributed by atoms with van der Waals surface area (Å²) < 4.78 is 1.11. The summed E-state index contributed by atoms with van der Waals surface area (Å²) in [4.78, 5) is 12.5. The summed E-state index contributed by atoms with van der Waals surface area (Å²) in [5, 5.41) is 12.0. The summed E-state index contributed by atoms with van der Waals surface area (Å²) in [5.74, 6) is 5.45. The minimum Gasteiger partial charge on any atom is -0.291 e. The highest BCUT2D eigenvalue weighted by molar-refractivity contribution is 5.79. The lowest BCUT2D eigenvalue weighted by atomic mass is 9.93. The molecule has 1 aromatic heterocycles. The molecular weight excluding hydrogens is 268 g/mol. The van der Waals surface area contributed by atoms with E-state index in [1.54, 1.807) is 6.21 Å². The van der Waals surface area contributed by atoms with Crippen LogP contribution in [0.1, 0.15) is 32.0 Å². The van der Waals surface area contributed by atoms with Crippen molar-refractivity contribution in [3.63, 3.8) is 0 Å². The summed E-state index contributed by atoms with van der Waals surface area (Å²) in [6.45, 7) is 5.66. The van der Waals surface area contributed by atoms with Gasteiger partial charge in [-0.1, -0.05) is 51.1 Å². The quantitative estimate of drug-likeness (QED) is 0.500. The highest BCUT2D eigenvalue weighted by Gasteiger charge is 2.23. The van der Waals surface area contributed by atoms with Crippen LogP contribution in [0.4, 0.5) is 5.95 Å². The predicted octanol–water partition coefficient (Wildman–Crippen LogP) is 1.10. The number of hydrogen-bond donors (Lipinski definition) is 2. The van der Waals surface area contributed by atoms with Crippen molar-refractivity contribution in [3.8, 4) is 0 Å². The Balaban J connectivity index is 2.51. The third kappa shape index (κ3) is 3.32. The van der Waals surface area contributed by atoms with Crippen LogP contribution in [0.2, 0.25) is 0 Å². The maximum atomic E-state index is 12.5. The Morgan fingerprint density at radius 3 is 2.48 bits per heavy atom. The Kier molecular flexibility index (Phi) is 4.13. The van der Waals surface area contributed by atoms with E-state index >= 15 is 0 Å². The van der Waals surface area contributed by atoms with E-state index in [4.69, 9.17) is 5.84 Å². The van der Waals surface area contributed by atoms with Crippen molar-refractivity contribution in [2.24, 2.45) is 10.9 Å². The molecule has 0 amide bonds. The number of nitrogen functional groups attached to an aromatic ring is 1. The van der Waals surface area contributed by atoms with Gasteiger partial charge in [0.1, 0.15) is 5.69 Å². The fourth-order valence-electron chi connectivity index (χ4n) is 1.71. The molecule has 0 radical (unpaired) electrons. The van der Waals surface area contributed by atoms with Crippen molar-refractivity contribution in [2.45, 2.75) is 26.2 Å². The molecule has 110 valence electrons. The molecule has 0 fully saturated rings. The van der Waals surface area contributed by atoms with Crippen LogP contribution in [-0.4, -0.2) is 21.1 Å². The number of nitrogens with two attached hydrogens (primary N) is 1. The van der Waals surface area contributed by atoms with E-state index < -0.39 is 5.41 Å². The number of nitrogens with one attached hydrogen (secondary N) is 1. The van der Waals surface area contributed by atoms with Crippen LogP contribution in [0.15, 0.2) is 40.2 Å². The van der Waals surface area contributed by atoms with Crippen molar-refractivity contribution < 1.29 is 0 Å². The number of benzene rings is 1. The van der Waals surface area contributed by atoms with E-state index in [1.165, 1.54) is 0 Å². The number of hydrazine groups is 1. The minimum atomic E-state index is -0.429. The molecule has 0 atom stereocenters. The fraction of sp³-hybridized carbons (Fsp3) is 0.286. The Morgan fingerprint density at radius 1 is 1.24 bits per heavy atom. The molecule has 2 aromatic rings. The molecule has 2 rings (SSSR count). The Bertz CT molecular complexity index is 700. The minimum absolute atomic E-state index is 0.0835. The summed E-state index contributed by atoms with van der Waals surface area (Å²) >= 11 is 0. The van der Waals surface area contributed by atoms with Crippen molar-refractivity contribution in [2.75, 3.05) is 5.43 Å². The van der Waals surface area contributed by atoms with Gasteiger partial charge in [0, 0.05) is 5.41 Å². The molecular formula is C14H18N6O. The Hall–Kier alpha value is -2.54. The molecule has 21 heavy (non-hydrogen) atoms. The van der Waals surface area contributed by atoms with E-state index in [0.717, 1.165) is 10.2 Å². The molecule has 7 nitrogen and oxygen atoms in total. The van der Waals surface area contributed by atoms with Gasteiger partial charge in [0.05, 0.1) is 6.21 Å². The standard InChI is InChI=1S/C14H18N6O/c1-14(2,3)11-12(21)20(13(17-15)19-18-11)16-9-10-7-5-4-6-8-10/h4-9H,15H2,1-3H3,(H,17,19)/b16-9-. The maximum Gasteiger partial charge on any atom is 0.298 e. The first-order valence-electron chi connectivity index (χ1n) is 6.49. The first-order valence-corrected chi connectivity index (χ1v) is 6.49. The van der Waals surface area contributed by atoms with Crippen LogP contribution >= 0.6 is 0 Å². The lowest BCUT2D eigenvalue weighted by Crippen LogP contribution is -2.34. The summed E-state index contributed by atoms with van der Waals surface area (Å²) in [5.41, 5.74) is 2.74. The van der Waals surface area contributed by atoms with Crippen LogP contribution in [0.3, 0.4) is 0 Å². The number of hydrogen-bond acceptors (Lipinski definition) is 6. The van der Waals surface area contributed by atoms with Crippen LogP contribution in [0, 0.1) is 0 Å². The van der Waals surface area contributed by atoms with Gasteiger partial charge in [0.2, 0.25) is 0 Å². The van der Waals surface area contributed by atoms with Crippen molar-refractivity contribution >= 4 is 12.2 Å². The zero-order chi connectivity index (χ0) is 15.5. The van der Waals surface area contributed by atoms with Gasteiger partial charge in [-0.15, -0.1) is 10.2 Å². The summed E-state index contributed by atoms with van der Waals surface area (Å²) in [6, 6.07) is 9.43. The molecule has 0 bridgehead atoms. The van der Waals surface area contributed by atoms with Crippen molar-refractivity contribution in [3.05, 3.63) is 51.9 Å². The first kappa shape index (κ1) is 14.9. The van der Waals surface area contributed by atoms with Gasteiger partial charge < -0.3 is 0 Å². The lowest BCUT2D eigenvalue weighted by molar-refractivity contribution is 0.534. The second kappa shape index (κ2) is 5.84. The van der Waals surface area contributed by atoms with Crippen molar-refractivity contribution in [1.82, 2.24) is 14.9 Å². The third-order valence-corrected chi connectivity index (χ3v) is 2.80. The fourth-order valence-corrected chi connectivity index (χ4v) is 1.71. The molecule has 0 spiro atoms. The summed E-state index contributed by atoms with van der Waals surface area (Å²) in [7, 11) is 0. The van der Waals surface area contributed by atoms with Gasteiger partial charge in [0.15, 0.2) is 0 Å². The van der Waals surface area contributed by atoms with Crippen LogP contribution < -0.4 is 16.8 Å². The van der Waals surface area contributed by atoms with E-state index in [0.29, 0.717) is 5.69 Å². The maximum absolute atomic E-state index is 12.5. The molecule has 0 unspecified atom stereocenters. The van der Waals surface area contributed by atoms with Gasteiger partial charge in [-0.05, 0) is 5.56 Å². The monoisotopic (exact) mass is 286 g/mol. The number of nitrogens with zero attached hydrogens (tertiary/aromatic N) is 4. The second-order valence-electron chi connectivity index (χ2n) is 5.54. The van der Waals surface area contributed by atoms with Gasteiger partial charge >= 0.3 is 0 Å². The van der Waals surface area contributed by atoms with Crippen LogP contribution in [-0.2, 0) is 5.41 Å². The van der Waals surface area contributed by atoms with E-state index in [2.05, 4.69) is 20.7 Å². The molecule has 0 saturated carbocycles. The molecule has 1 heterocycles. The van der Waals surface area contributed by atoms with Crippen molar-refractivity contribution in [1.29, 1.82) is 0 Å². The highest BCUT2D eigenvalue weighted by atomic mass is 16.1. The zero-order valence-electron chi connectivity index (χ0n) is 12.2. The Morgan fingerprint density at radius 2 is 1.90 bits per heavy atom. The average Bonchev–Trinajstić information content (AvgIpc) is 2.45. The smallest absolute Gasteiger partial charge is 0.291 e. The van der Waals surface area contributed by atoms with Gasteiger partial charge in [0.25, 0.3) is 11.5 Å². The topological polar surface area (TPSA) is 98.2 Å². The number of aromatic nitrogens is 3. The van der Waals surface area contributed by atoms with Gasteiger partial charge in [-0.25, -0.2) is 5.84 Å². The first-order chi connectivity index (χ1) is 9.93. The molecule has 7 heteroatoms. The largest absolute Gasteiger partial charge is 0.298 e. The highest BCUT2D eigenvalue weighted by Crippen LogP contribution is 2.16. The SMILES string of the molecule is CC(C)(C)c1nnc(NN)n(/N=C\c2ccccc2)c1=O. The molecule has 0 saturated heterocycles. The van der Waals surface area contributed by atoms with Crippen LogP contribution in [0.5, 0.6) is 0 Å². The average molecular weight is 286 g/mol. The van der Waals surface area contributed by atoms with E-state index in [1.807, 2.05) is 51.1 Å². The van der Waals surface area contributed by atoms with E-state index in [-0.39, 0.29) is 11.5 Å². The van der Waals surface area contributed by atoms with Gasteiger partial charge in [-0.2, -0.15) is 9.78 Å². The molecule has 0 aliphatic heterocycles. The van der Waals surface area contributed by atoms with E-state index in [9.17, 15) is 4.79 Å². The summed E-state index contributed by atoms with van der Waals surface area (Å²) in [6.07, 6.45) is 1.57. The third-order valence-electron chi connectivity index (χ3n) is 2.80. The second-order valence-corrected chi connectivity index (χ2v) is 5.54. The lowest BCUT2D eigenvalue weighted by Gasteiger charge is -2.17. The van der Waals surface area contributed by atoms with Gasteiger partial charge in [-0.3, -0.25) is 10.2 Å². The number of rotatable bonds is 3. The molecule has 1 aromatic carbocycles.